The van der Waals surface area contributed by atoms with E-state index in [1.165, 1.54) is 12.3 Å². The van der Waals surface area contributed by atoms with E-state index in [1.807, 2.05) is 52.0 Å². The molecule has 1 aliphatic heterocycles. The van der Waals surface area contributed by atoms with E-state index in [0.717, 1.165) is 17.2 Å². The standard InChI is InChI=1S/C29H38F3N3O4.C2HF3O2/c1-19-11-8-9-12-20(19)21-17-35(26(37)39-27(2,3)4)16-14-23(21)34(7)25(36)28(5,6)18-38-24-22(29(30,31)32)13-10-15-33-24;3-2(4,5)1(6)7/h8-13,15,21,23H,14,16-18H2,1-7H3;(H,6,7). The Morgan fingerprint density at radius 2 is 1.59 bits per heavy atom. The second-order valence-corrected chi connectivity index (χ2v) is 12.5. The Kier molecular flexibility index (Phi) is 12.1. The van der Waals surface area contributed by atoms with Gasteiger partial charge < -0.3 is 24.4 Å². The van der Waals surface area contributed by atoms with Crippen LogP contribution in [0.1, 0.15) is 63.6 Å². The van der Waals surface area contributed by atoms with E-state index in [1.54, 1.807) is 30.7 Å². The SMILES string of the molecule is Cc1ccccc1C1CN(C(=O)OC(C)(C)C)CCC1N(C)C(=O)C(C)(C)COc1ncccc1C(F)(F)F.O=C(O)C(F)(F)F. The summed E-state index contributed by atoms with van der Waals surface area (Å²) in [5, 5.41) is 7.12. The summed E-state index contributed by atoms with van der Waals surface area (Å²) < 4.78 is 82.9. The van der Waals surface area contributed by atoms with Crippen LogP contribution in [-0.2, 0) is 20.5 Å². The fraction of sp³-hybridized carbons (Fsp3) is 0.548. The second kappa shape index (κ2) is 14.6. The van der Waals surface area contributed by atoms with Gasteiger partial charge in [0.15, 0.2) is 0 Å². The van der Waals surface area contributed by atoms with Crippen LogP contribution >= 0.6 is 0 Å². The Bertz CT molecular complexity index is 1370. The summed E-state index contributed by atoms with van der Waals surface area (Å²) in [5.74, 6) is -3.78. The molecule has 1 saturated heterocycles. The van der Waals surface area contributed by atoms with E-state index >= 15 is 0 Å². The molecular weight excluding hydrogens is 624 g/mol. The van der Waals surface area contributed by atoms with Gasteiger partial charge in [-0.25, -0.2) is 14.6 Å². The average Bonchev–Trinajstić information content (AvgIpc) is 2.94. The molecule has 9 nitrogen and oxygen atoms in total. The number of carboxylic acid groups (broad SMARTS) is 1. The number of carbonyl (C=O) groups excluding carboxylic acids is 2. The summed E-state index contributed by atoms with van der Waals surface area (Å²) in [6.07, 6.45) is -8.39. The Balaban J connectivity index is 0.000000942. The largest absolute Gasteiger partial charge is 0.490 e. The molecule has 0 spiro atoms. The van der Waals surface area contributed by atoms with E-state index in [9.17, 15) is 35.9 Å². The van der Waals surface area contributed by atoms with Crippen molar-refractivity contribution in [3.63, 3.8) is 0 Å². The van der Waals surface area contributed by atoms with Crippen molar-refractivity contribution < 1.29 is 55.3 Å². The zero-order valence-corrected chi connectivity index (χ0v) is 26.6. The van der Waals surface area contributed by atoms with Crippen LogP contribution in [0.4, 0.5) is 31.1 Å². The van der Waals surface area contributed by atoms with E-state index < -0.39 is 46.9 Å². The summed E-state index contributed by atoms with van der Waals surface area (Å²) in [6, 6.07) is 9.68. The van der Waals surface area contributed by atoms with Gasteiger partial charge in [0.05, 0.1) is 5.41 Å². The highest BCUT2D eigenvalue weighted by Gasteiger charge is 2.43. The van der Waals surface area contributed by atoms with Gasteiger partial charge in [0.25, 0.3) is 0 Å². The van der Waals surface area contributed by atoms with E-state index in [2.05, 4.69) is 4.98 Å². The number of hydrogen-bond donors (Lipinski definition) is 1. The van der Waals surface area contributed by atoms with Crippen molar-refractivity contribution in [2.75, 3.05) is 26.7 Å². The lowest BCUT2D eigenvalue weighted by atomic mass is 9.82. The number of ether oxygens (including phenoxy) is 2. The molecule has 0 bridgehead atoms. The van der Waals surface area contributed by atoms with Gasteiger partial charge in [-0.05, 0) is 71.2 Å². The third-order valence-electron chi connectivity index (χ3n) is 7.10. The normalized spacial score (nSPS) is 17.4. The molecule has 15 heteroatoms. The minimum atomic E-state index is -5.08. The molecule has 2 atom stereocenters. The van der Waals surface area contributed by atoms with Crippen LogP contribution in [0, 0.1) is 12.3 Å². The number of piperidine rings is 1. The molecule has 1 fully saturated rings. The molecule has 1 aliphatic rings. The summed E-state index contributed by atoms with van der Waals surface area (Å²) in [6.45, 7) is 11.2. The van der Waals surface area contributed by atoms with Crippen molar-refractivity contribution in [2.24, 2.45) is 5.41 Å². The fourth-order valence-electron chi connectivity index (χ4n) is 4.86. The number of halogens is 6. The quantitative estimate of drug-likeness (QED) is 0.343. The molecule has 1 aromatic carbocycles. The highest BCUT2D eigenvalue weighted by atomic mass is 19.4. The predicted molar refractivity (Wildman–Crippen MR) is 155 cm³/mol. The first-order valence-corrected chi connectivity index (χ1v) is 14.2. The Hall–Kier alpha value is -4.04. The number of likely N-dealkylation sites (N-methyl/N-ethyl adjacent to an activating group) is 1. The van der Waals surface area contributed by atoms with Gasteiger partial charge in [0, 0.05) is 38.3 Å². The van der Waals surface area contributed by atoms with E-state index in [4.69, 9.17) is 19.4 Å². The first-order valence-electron chi connectivity index (χ1n) is 14.2. The van der Waals surface area contributed by atoms with E-state index in [-0.39, 0.29) is 24.5 Å². The first kappa shape index (κ1) is 38.1. The number of alkyl halides is 6. The number of likely N-dealkylation sites (tertiary alicyclic amines) is 1. The Morgan fingerprint density at radius 1 is 1.00 bits per heavy atom. The molecule has 2 aromatic rings. The van der Waals surface area contributed by atoms with Crippen molar-refractivity contribution in [1.82, 2.24) is 14.8 Å². The molecule has 256 valence electrons. The predicted octanol–water partition coefficient (Wildman–Crippen LogP) is 6.70. The molecule has 0 saturated carbocycles. The van der Waals surface area contributed by atoms with Crippen LogP contribution in [0.15, 0.2) is 42.6 Å². The van der Waals surface area contributed by atoms with Gasteiger partial charge in [-0.3, -0.25) is 4.79 Å². The monoisotopic (exact) mass is 663 g/mol. The lowest BCUT2D eigenvalue weighted by molar-refractivity contribution is -0.192. The molecule has 0 radical (unpaired) electrons. The van der Waals surface area contributed by atoms with Crippen molar-refractivity contribution in [2.45, 2.75) is 77.9 Å². The minimum absolute atomic E-state index is 0.189. The number of aryl methyl sites for hydroxylation is 1. The van der Waals surface area contributed by atoms with Crippen LogP contribution in [0.3, 0.4) is 0 Å². The maximum Gasteiger partial charge on any atom is 0.490 e. The van der Waals surface area contributed by atoms with Crippen molar-refractivity contribution in [3.8, 4) is 5.88 Å². The Labute approximate surface area is 263 Å². The van der Waals surface area contributed by atoms with Crippen LogP contribution in [0.5, 0.6) is 5.88 Å². The minimum Gasteiger partial charge on any atom is -0.476 e. The van der Waals surface area contributed by atoms with Gasteiger partial charge in [-0.1, -0.05) is 24.3 Å². The zero-order valence-electron chi connectivity index (χ0n) is 26.6. The van der Waals surface area contributed by atoms with Crippen LogP contribution < -0.4 is 4.74 Å². The van der Waals surface area contributed by atoms with Gasteiger partial charge in [0.2, 0.25) is 11.8 Å². The van der Waals surface area contributed by atoms with Gasteiger partial charge in [-0.15, -0.1) is 0 Å². The van der Waals surface area contributed by atoms with Gasteiger partial charge >= 0.3 is 24.4 Å². The maximum absolute atomic E-state index is 13.7. The average molecular weight is 664 g/mol. The second-order valence-electron chi connectivity index (χ2n) is 12.5. The summed E-state index contributed by atoms with van der Waals surface area (Å²) in [5.41, 5.74) is -0.712. The molecule has 1 aromatic heterocycles. The van der Waals surface area contributed by atoms with Crippen molar-refractivity contribution in [1.29, 1.82) is 0 Å². The number of aromatic nitrogens is 1. The zero-order chi connectivity index (χ0) is 35.3. The highest BCUT2D eigenvalue weighted by molar-refractivity contribution is 5.82. The number of rotatable bonds is 6. The number of nitrogens with zero attached hydrogens (tertiary/aromatic N) is 3. The number of benzene rings is 1. The summed E-state index contributed by atoms with van der Waals surface area (Å²) >= 11 is 0. The molecule has 2 amide bonds. The molecular formula is C31H39F6N3O6. The molecule has 2 unspecified atom stereocenters. The molecule has 46 heavy (non-hydrogen) atoms. The summed E-state index contributed by atoms with van der Waals surface area (Å²) in [4.78, 5) is 42.6. The smallest absolute Gasteiger partial charge is 0.476 e. The highest BCUT2D eigenvalue weighted by Crippen LogP contribution is 2.37. The molecule has 3 rings (SSSR count). The number of carbonyl (C=O) groups is 3. The topological polar surface area (TPSA) is 109 Å². The third kappa shape index (κ3) is 10.5. The molecule has 2 heterocycles. The number of carboxylic acids is 1. The van der Waals surface area contributed by atoms with Crippen molar-refractivity contribution >= 4 is 18.0 Å². The number of aliphatic carboxylic acids is 1. The summed E-state index contributed by atoms with van der Waals surface area (Å²) in [7, 11) is 1.70. The first-order chi connectivity index (χ1) is 21.0. The number of hydrogen-bond acceptors (Lipinski definition) is 6. The Morgan fingerprint density at radius 3 is 2.11 bits per heavy atom. The fourth-order valence-corrected chi connectivity index (χ4v) is 4.86. The van der Waals surface area contributed by atoms with Gasteiger partial charge in [0.1, 0.15) is 17.8 Å². The lowest BCUT2D eigenvalue weighted by Crippen LogP contribution is -2.55. The lowest BCUT2D eigenvalue weighted by Gasteiger charge is -2.45. The van der Waals surface area contributed by atoms with E-state index in [0.29, 0.717) is 19.5 Å². The molecule has 0 aliphatic carbocycles. The number of pyridine rings is 1. The van der Waals surface area contributed by atoms with Crippen LogP contribution in [0.2, 0.25) is 0 Å². The van der Waals surface area contributed by atoms with Gasteiger partial charge in [-0.2, -0.15) is 26.3 Å². The molecule has 1 N–H and O–H groups in total. The van der Waals surface area contributed by atoms with Crippen molar-refractivity contribution in [3.05, 3.63) is 59.3 Å². The number of amides is 2. The van der Waals surface area contributed by atoms with Crippen LogP contribution in [0.25, 0.3) is 0 Å². The third-order valence-corrected chi connectivity index (χ3v) is 7.10. The van der Waals surface area contributed by atoms with Crippen LogP contribution in [-0.4, -0.2) is 82.4 Å². The maximum atomic E-state index is 13.7.